The molecule has 0 saturated carbocycles. The van der Waals surface area contributed by atoms with Crippen molar-refractivity contribution in [2.24, 2.45) is 0 Å². The van der Waals surface area contributed by atoms with Crippen LogP contribution in [0.1, 0.15) is 36.0 Å². The van der Waals surface area contributed by atoms with Crippen LogP contribution in [0, 0.1) is 0 Å². The van der Waals surface area contributed by atoms with Crippen LogP contribution in [0.25, 0.3) is 0 Å². The van der Waals surface area contributed by atoms with Gasteiger partial charge in [-0.05, 0) is 55.1 Å². The van der Waals surface area contributed by atoms with E-state index in [1.54, 1.807) is 0 Å². The van der Waals surface area contributed by atoms with E-state index in [2.05, 4.69) is 51.2 Å². The van der Waals surface area contributed by atoms with Crippen LogP contribution in [-0.4, -0.2) is 29.6 Å². The highest BCUT2D eigenvalue weighted by atomic mass is 79.9. The quantitative estimate of drug-likeness (QED) is 0.876. The first-order chi connectivity index (χ1) is 10.7. The highest BCUT2D eigenvalue weighted by molar-refractivity contribution is 9.10. The van der Waals surface area contributed by atoms with E-state index in [0.29, 0.717) is 5.92 Å². The van der Waals surface area contributed by atoms with Crippen LogP contribution >= 0.6 is 15.9 Å². The molecule has 0 aliphatic carbocycles. The van der Waals surface area contributed by atoms with Gasteiger partial charge in [0.25, 0.3) is 0 Å². The minimum atomic E-state index is -0.402. The number of rotatable bonds is 4. The van der Waals surface area contributed by atoms with Gasteiger partial charge in [0, 0.05) is 11.0 Å². The summed E-state index contributed by atoms with van der Waals surface area (Å²) in [7, 11) is 0. The van der Waals surface area contributed by atoms with Crippen LogP contribution in [0.2, 0.25) is 0 Å². The Balaban J connectivity index is 1.52. The number of aliphatic hydroxyl groups is 1. The molecule has 0 spiro atoms. The van der Waals surface area contributed by atoms with Crippen molar-refractivity contribution in [2.75, 3.05) is 19.6 Å². The summed E-state index contributed by atoms with van der Waals surface area (Å²) in [5.74, 6) is 0.669. The van der Waals surface area contributed by atoms with Gasteiger partial charge in [-0.3, -0.25) is 0 Å². The lowest BCUT2D eigenvalue weighted by Gasteiger charge is -2.33. The van der Waals surface area contributed by atoms with Crippen molar-refractivity contribution in [3.05, 3.63) is 70.2 Å². The lowest BCUT2D eigenvalue weighted by molar-refractivity contribution is 0.0972. The molecule has 0 amide bonds. The Kier molecular flexibility index (Phi) is 5.29. The average Bonchev–Trinajstić information content (AvgIpc) is 2.57. The number of halogens is 1. The molecule has 3 heteroatoms. The van der Waals surface area contributed by atoms with Crippen LogP contribution in [0.5, 0.6) is 0 Å². The molecule has 0 radical (unpaired) electrons. The van der Waals surface area contributed by atoms with E-state index in [0.717, 1.165) is 29.7 Å². The second-order valence-electron chi connectivity index (χ2n) is 6.05. The molecule has 0 bridgehead atoms. The van der Waals surface area contributed by atoms with Gasteiger partial charge in [0.15, 0.2) is 0 Å². The van der Waals surface area contributed by atoms with Gasteiger partial charge < -0.3 is 10.0 Å². The monoisotopic (exact) mass is 359 g/mol. The first-order valence-electron chi connectivity index (χ1n) is 7.93. The summed E-state index contributed by atoms with van der Waals surface area (Å²) in [4.78, 5) is 2.38. The Labute approximate surface area is 140 Å². The zero-order valence-electron chi connectivity index (χ0n) is 12.7. The van der Waals surface area contributed by atoms with Gasteiger partial charge in [-0.15, -0.1) is 0 Å². The van der Waals surface area contributed by atoms with Crippen LogP contribution in [0.3, 0.4) is 0 Å². The lowest BCUT2D eigenvalue weighted by Crippen LogP contribution is -2.36. The molecule has 1 N–H and O–H groups in total. The third-order valence-corrected chi connectivity index (χ3v) is 5.07. The number of piperidine rings is 1. The first-order valence-corrected chi connectivity index (χ1v) is 8.72. The molecule has 1 fully saturated rings. The van der Waals surface area contributed by atoms with Crippen molar-refractivity contribution in [3.63, 3.8) is 0 Å². The predicted molar refractivity (Wildman–Crippen MR) is 94.0 cm³/mol. The Morgan fingerprint density at radius 3 is 2.27 bits per heavy atom. The summed E-state index contributed by atoms with van der Waals surface area (Å²) in [6.07, 6.45) is 1.95. The SMILES string of the molecule is O[C@@H](CN1CCC(c2ccccc2)CC1)c1ccc(Br)cc1. The lowest BCUT2D eigenvalue weighted by atomic mass is 9.89. The van der Waals surface area contributed by atoms with E-state index >= 15 is 0 Å². The number of β-amino-alcohol motifs (C(OH)–C–C–N with tert-alkyl or cyclic N) is 1. The molecule has 1 heterocycles. The molecule has 1 atom stereocenters. The Hall–Kier alpha value is -1.16. The predicted octanol–water partition coefficient (Wildman–Crippen LogP) is 4.36. The molecule has 2 aromatic carbocycles. The number of nitrogens with zero attached hydrogens (tertiary/aromatic N) is 1. The van der Waals surface area contributed by atoms with Crippen molar-refractivity contribution in [2.45, 2.75) is 24.9 Å². The number of hydrogen-bond acceptors (Lipinski definition) is 2. The molecule has 1 saturated heterocycles. The molecule has 1 aliphatic rings. The van der Waals surface area contributed by atoms with E-state index in [1.807, 2.05) is 24.3 Å². The highest BCUT2D eigenvalue weighted by Gasteiger charge is 2.22. The van der Waals surface area contributed by atoms with Crippen LogP contribution in [0.4, 0.5) is 0 Å². The van der Waals surface area contributed by atoms with Crippen LogP contribution < -0.4 is 0 Å². The number of benzene rings is 2. The van der Waals surface area contributed by atoms with Gasteiger partial charge in [-0.1, -0.05) is 58.4 Å². The molecule has 2 aromatic rings. The van der Waals surface area contributed by atoms with Gasteiger partial charge in [0.2, 0.25) is 0 Å². The molecule has 3 rings (SSSR count). The molecular weight excluding hydrogens is 338 g/mol. The molecule has 1 aliphatic heterocycles. The van der Waals surface area contributed by atoms with E-state index in [9.17, 15) is 5.11 Å². The normalized spacial score (nSPS) is 18.3. The zero-order chi connectivity index (χ0) is 15.4. The average molecular weight is 360 g/mol. The second-order valence-corrected chi connectivity index (χ2v) is 6.97. The fourth-order valence-corrected chi connectivity index (χ4v) is 3.47. The topological polar surface area (TPSA) is 23.5 Å². The number of likely N-dealkylation sites (tertiary alicyclic amines) is 1. The molecule has 0 aromatic heterocycles. The summed E-state index contributed by atoms with van der Waals surface area (Å²) in [5, 5.41) is 10.4. The largest absolute Gasteiger partial charge is 0.387 e. The molecule has 0 unspecified atom stereocenters. The Morgan fingerprint density at radius 2 is 1.64 bits per heavy atom. The van der Waals surface area contributed by atoms with Crippen LogP contribution in [-0.2, 0) is 0 Å². The van der Waals surface area contributed by atoms with E-state index < -0.39 is 6.10 Å². The number of aliphatic hydroxyl groups excluding tert-OH is 1. The van der Waals surface area contributed by atoms with Gasteiger partial charge in [-0.25, -0.2) is 0 Å². The molecule has 116 valence electrons. The van der Waals surface area contributed by atoms with Crippen molar-refractivity contribution >= 4 is 15.9 Å². The third-order valence-electron chi connectivity index (χ3n) is 4.54. The Morgan fingerprint density at radius 1 is 1.00 bits per heavy atom. The number of hydrogen-bond donors (Lipinski definition) is 1. The van der Waals surface area contributed by atoms with Crippen molar-refractivity contribution in [3.8, 4) is 0 Å². The maximum absolute atomic E-state index is 10.4. The summed E-state index contributed by atoms with van der Waals surface area (Å²) in [6, 6.07) is 18.7. The maximum Gasteiger partial charge on any atom is 0.0916 e. The van der Waals surface area contributed by atoms with Gasteiger partial charge in [0.1, 0.15) is 0 Å². The summed E-state index contributed by atoms with van der Waals surface area (Å²) in [5.41, 5.74) is 2.45. The minimum Gasteiger partial charge on any atom is -0.387 e. The van der Waals surface area contributed by atoms with Gasteiger partial charge in [-0.2, -0.15) is 0 Å². The fourth-order valence-electron chi connectivity index (χ4n) is 3.21. The van der Waals surface area contributed by atoms with Crippen LogP contribution in [0.15, 0.2) is 59.1 Å². The highest BCUT2D eigenvalue weighted by Crippen LogP contribution is 2.28. The maximum atomic E-state index is 10.4. The Bertz CT molecular complexity index is 576. The summed E-state index contributed by atoms with van der Waals surface area (Å²) >= 11 is 3.43. The third kappa shape index (κ3) is 3.97. The van der Waals surface area contributed by atoms with E-state index in [1.165, 1.54) is 18.4 Å². The summed E-state index contributed by atoms with van der Waals surface area (Å²) in [6.45, 7) is 2.85. The second kappa shape index (κ2) is 7.40. The van der Waals surface area contributed by atoms with Gasteiger partial charge >= 0.3 is 0 Å². The van der Waals surface area contributed by atoms with E-state index in [-0.39, 0.29) is 0 Å². The summed E-state index contributed by atoms with van der Waals surface area (Å²) < 4.78 is 1.05. The first kappa shape index (κ1) is 15.7. The standard InChI is InChI=1S/C19H22BrNO/c20-18-8-6-17(7-9-18)19(22)14-21-12-10-16(11-13-21)15-4-2-1-3-5-15/h1-9,16,19,22H,10-14H2/t19-/m0/s1. The zero-order valence-corrected chi connectivity index (χ0v) is 14.2. The molecule has 2 nitrogen and oxygen atoms in total. The van der Waals surface area contributed by atoms with Gasteiger partial charge in [0.05, 0.1) is 6.10 Å². The molecule has 22 heavy (non-hydrogen) atoms. The van der Waals surface area contributed by atoms with Crippen molar-refractivity contribution in [1.82, 2.24) is 4.90 Å². The molecular formula is C19H22BrNO. The van der Waals surface area contributed by atoms with Crippen molar-refractivity contribution in [1.29, 1.82) is 0 Å². The minimum absolute atomic E-state index is 0.402. The fraction of sp³-hybridized carbons (Fsp3) is 0.368. The smallest absolute Gasteiger partial charge is 0.0916 e. The van der Waals surface area contributed by atoms with E-state index in [4.69, 9.17) is 0 Å². The van der Waals surface area contributed by atoms with Crippen molar-refractivity contribution < 1.29 is 5.11 Å².